The van der Waals surface area contributed by atoms with Crippen molar-refractivity contribution in [3.05, 3.63) is 0 Å². The lowest BCUT2D eigenvalue weighted by Crippen LogP contribution is -2.52. The fourth-order valence-corrected chi connectivity index (χ4v) is 1.88. The maximum Gasteiger partial charge on any atom is 0.0649 e. The van der Waals surface area contributed by atoms with Gasteiger partial charge < -0.3 is 15.2 Å². The molecule has 1 saturated heterocycles. The molecule has 0 radical (unpaired) electrons. The van der Waals surface area contributed by atoms with E-state index in [9.17, 15) is 0 Å². The predicted molar refractivity (Wildman–Crippen MR) is 52.8 cm³/mol. The van der Waals surface area contributed by atoms with E-state index in [1.54, 1.807) is 0 Å². The minimum Gasteiger partial charge on any atom is -0.396 e. The van der Waals surface area contributed by atoms with Crippen LogP contribution in [0.4, 0.5) is 0 Å². The molecule has 0 aromatic heterocycles. The molecule has 0 amide bonds. The molecule has 0 aromatic rings. The van der Waals surface area contributed by atoms with E-state index in [1.807, 2.05) is 0 Å². The van der Waals surface area contributed by atoms with Crippen LogP contribution >= 0.6 is 0 Å². The van der Waals surface area contributed by atoms with Crippen LogP contribution in [0.25, 0.3) is 0 Å². The standard InChI is InChI=1S/C10H21NO2/c1-2-6-11-10(5-7-12)4-3-8-13-9-10/h11-12H,2-9H2,1H3. The summed E-state index contributed by atoms with van der Waals surface area (Å²) in [7, 11) is 0. The molecule has 1 aliphatic heterocycles. The summed E-state index contributed by atoms with van der Waals surface area (Å²) in [4.78, 5) is 0. The van der Waals surface area contributed by atoms with Crippen molar-refractivity contribution in [3.8, 4) is 0 Å². The first-order valence-corrected chi connectivity index (χ1v) is 5.26. The molecule has 0 aliphatic carbocycles. The third-order valence-electron chi connectivity index (χ3n) is 2.66. The van der Waals surface area contributed by atoms with Gasteiger partial charge in [-0.1, -0.05) is 6.92 Å². The minimum absolute atomic E-state index is 0.0585. The van der Waals surface area contributed by atoms with E-state index in [4.69, 9.17) is 9.84 Å². The second-order valence-corrected chi connectivity index (χ2v) is 3.84. The van der Waals surface area contributed by atoms with Gasteiger partial charge >= 0.3 is 0 Å². The molecule has 3 nitrogen and oxygen atoms in total. The first kappa shape index (κ1) is 11.0. The van der Waals surface area contributed by atoms with Crippen LogP contribution in [-0.4, -0.2) is 37.0 Å². The van der Waals surface area contributed by atoms with Gasteiger partial charge in [0, 0.05) is 18.8 Å². The summed E-state index contributed by atoms with van der Waals surface area (Å²) < 4.78 is 5.46. The molecule has 1 heterocycles. The van der Waals surface area contributed by atoms with Crippen LogP contribution in [0, 0.1) is 0 Å². The number of ether oxygens (including phenoxy) is 1. The Balaban J connectivity index is 2.40. The fourth-order valence-electron chi connectivity index (χ4n) is 1.88. The molecule has 1 atom stereocenters. The van der Waals surface area contributed by atoms with Crippen molar-refractivity contribution in [3.63, 3.8) is 0 Å². The summed E-state index contributed by atoms with van der Waals surface area (Å²) in [6.07, 6.45) is 4.18. The van der Waals surface area contributed by atoms with Crippen molar-refractivity contribution >= 4 is 0 Å². The Morgan fingerprint density at radius 3 is 2.92 bits per heavy atom. The molecular formula is C10H21NO2. The number of rotatable bonds is 5. The van der Waals surface area contributed by atoms with Crippen LogP contribution in [0.3, 0.4) is 0 Å². The third kappa shape index (κ3) is 3.25. The van der Waals surface area contributed by atoms with E-state index in [0.29, 0.717) is 0 Å². The van der Waals surface area contributed by atoms with Crippen molar-refractivity contribution in [1.82, 2.24) is 5.32 Å². The zero-order valence-electron chi connectivity index (χ0n) is 8.51. The lowest BCUT2D eigenvalue weighted by atomic mass is 9.89. The average molecular weight is 187 g/mol. The van der Waals surface area contributed by atoms with Gasteiger partial charge in [-0.05, 0) is 32.2 Å². The smallest absolute Gasteiger partial charge is 0.0649 e. The van der Waals surface area contributed by atoms with Crippen LogP contribution in [0.2, 0.25) is 0 Å². The molecule has 1 rings (SSSR count). The SMILES string of the molecule is CCCNC1(CCO)CCCOC1. The van der Waals surface area contributed by atoms with Gasteiger partial charge in [0.2, 0.25) is 0 Å². The predicted octanol–water partition coefficient (Wildman–Crippen LogP) is 0.918. The molecule has 2 N–H and O–H groups in total. The highest BCUT2D eigenvalue weighted by atomic mass is 16.5. The highest BCUT2D eigenvalue weighted by Gasteiger charge is 2.31. The molecule has 0 bridgehead atoms. The second kappa shape index (κ2) is 5.58. The van der Waals surface area contributed by atoms with Gasteiger partial charge in [-0.25, -0.2) is 0 Å². The van der Waals surface area contributed by atoms with Gasteiger partial charge in [0.25, 0.3) is 0 Å². The van der Waals surface area contributed by atoms with Crippen LogP contribution < -0.4 is 5.32 Å². The van der Waals surface area contributed by atoms with E-state index in [1.165, 1.54) is 0 Å². The number of hydrogen-bond donors (Lipinski definition) is 2. The van der Waals surface area contributed by atoms with Gasteiger partial charge in [-0.2, -0.15) is 0 Å². The summed E-state index contributed by atoms with van der Waals surface area (Å²) in [5.41, 5.74) is 0.0585. The van der Waals surface area contributed by atoms with Gasteiger partial charge in [-0.15, -0.1) is 0 Å². The molecule has 0 spiro atoms. The van der Waals surface area contributed by atoms with Crippen molar-refractivity contribution in [2.45, 2.75) is 38.1 Å². The molecular weight excluding hydrogens is 166 g/mol. The summed E-state index contributed by atoms with van der Waals surface area (Å²) in [5, 5.41) is 12.5. The summed E-state index contributed by atoms with van der Waals surface area (Å²) >= 11 is 0. The van der Waals surface area contributed by atoms with E-state index in [2.05, 4.69) is 12.2 Å². The molecule has 1 unspecified atom stereocenters. The Morgan fingerprint density at radius 2 is 2.38 bits per heavy atom. The van der Waals surface area contributed by atoms with Gasteiger partial charge in [0.05, 0.1) is 6.61 Å². The lowest BCUT2D eigenvalue weighted by Gasteiger charge is -2.37. The molecule has 0 aromatic carbocycles. The van der Waals surface area contributed by atoms with E-state index < -0.39 is 0 Å². The Bertz CT molecular complexity index is 127. The Kier molecular flexibility index (Phi) is 4.70. The molecule has 1 fully saturated rings. The van der Waals surface area contributed by atoms with Crippen LogP contribution in [0.15, 0.2) is 0 Å². The number of aliphatic hydroxyl groups is 1. The highest BCUT2D eigenvalue weighted by Crippen LogP contribution is 2.22. The Labute approximate surface area is 80.5 Å². The zero-order chi connectivity index (χ0) is 9.57. The maximum atomic E-state index is 8.99. The average Bonchev–Trinajstić information content (AvgIpc) is 2.17. The molecule has 1 aliphatic rings. The van der Waals surface area contributed by atoms with Gasteiger partial charge in [0.1, 0.15) is 0 Å². The van der Waals surface area contributed by atoms with Crippen LogP contribution in [-0.2, 0) is 4.74 Å². The fraction of sp³-hybridized carbons (Fsp3) is 1.00. The topological polar surface area (TPSA) is 41.5 Å². The molecule has 13 heavy (non-hydrogen) atoms. The molecule has 0 saturated carbocycles. The van der Waals surface area contributed by atoms with E-state index in [-0.39, 0.29) is 12.1 Å². The minimum atomic E-state index is 0.0585. The third-order valence-corrected chi connectivity index (χ3v) is 2.66. The quantitative estimate of drug-likeness (QED) is 0.672. The van der Waals surface area contributed by atoms with Crippen LogP contribution in [0.5, 0.6) is 0 Å². The van der Waals surface area contributed by atoms with Gasteiger partial charge in [0.15, 0.2) is 0 Å². The van der Waals surface area contributed by atoms with Crippen molar-refractivity contribution in [2.75, 3.05) is 26.4 Å². The summed E-state index contributed by atoms with van der Waals surface area (Å²) in [6.45, 7) is 5.06. The first-order valence-electron chi connectivity index (χ1n) is 5.26. The van der Waals surface area contributed by atoms with E-state index >= 15 is 0 Å². The van der Waals surface area contributed by atoms with Crippen molar-refractivity contribution < 1.29 is 9.84 Å². The summed E-state index contributed by atoms with van der Waals surface area (Å²) in [6, 6.07) is 0. The van der Waals surface area contributed by atoms with E-state index in [0.717, 1.165) is 45.4 Å². The maximum absolute atomic E-state index is 8.99. The van der Waals surface area contributed by atoms with Gasteiger partial charge in [-0.3, -0.25) is 0 Å². The first-order chi connectivity index (χ1) is 6.33. The lowest BCUT2D eigenvalue weighted by molar-refractivity contribution is 0.00892. The molecule has 3 heteroatoms. The Morgan fingerprint density at radius 1 is 1.54 bits per heavy atom. The largest absolute Gasteiger partial charge is 0.396 e. The number of nitrogens with one attached hydrogen (secondary N) is 1. The highest BCUT2D eigenvalue weighted by molar-refractivity contribution is 4.89. The van der Waals surface area contributed by atoms with Crippen molar-refractivity contribution in [1.29, 1.82) is 0 Å². The number of hydrogen-bond acceptors (Lipinski definition) is 3. The second-order valence-electron chi connectivity index (χ2n) is 3.84. The summed E-state index contributed by atoms with van der Waals surface area (Å²) in [5.74, 6) is 0. The number of aliphatic hydroxyl groups excluding tert-OH is 1. The monoisotopic (exact) mass is 187 g/mol. The normalized spacial score (nSPS) is 29.1. The van der Waals surface area contributed by atoms with Crippen molar-refractivity contribution in [2.24, 2.45) is 0 Å². The zero-order valence-corrected chi connectivity index (χ0v) is 8.51. The molecule has 78 valence electrons. The van der Waals surface area contributed by atoms with Crippen LogP contribution in [0.1, 0.15) is 32.6 Å². The Hall–Kier alpha value is -0.120.